The molecule has 2 atom stereocenters. The molecule has 0 spiro atoms. The third kappa shape index (κ3) is 4.20. The molecule has 4 heterocycles. The zero-order valence-electron chi connectivity index (χ0n) is 20.4. The molecule has 2 aliphatic heterocycles. The number of carboxylic acid groups (broad SMARTS) is 1. The lowest BCUT2D eigenvalue weighted by molar-refractivity contribution is -0.250. The number of halogens is 3. The fourth-order valence-electron chi connectivity index (χ4n) is 5.38. The molecule has 3 aromatic rings. The molecule has 0 unspecified atom stereocenters. The van der Waals surface area contributed by atoms with Crippen LogP contribution in [-0.4, -0.2) is 66.8 Å². The number of hydrogen-bond donors (Lipinski definition) is 3. The molecule has 0 saturated carbocycles. The van der Waals surface area contributed by atoms with Crippen molar-refractivity contribution in [3.63, 3.8) is 0 Å². The minimum Gasteiger partial charge on any atom is -0.465 e. The van der Waals surface area contributed by atoms with Gasteiger partial charge in [0, 0.05) is 43.0 Å². The monoisotopic (exact) mass is 516 g/mol. The summed E-state index contributed by atoms with van der Waals surface area (Å²) in [7, 11) is 0. The number of carbonyl (C=O) groups excluding carboxylic acids is 1. The van der Waals surface area contributed by atoms with Crippen molar-refractivity contribution in [1.29, 1.82) is 0 Å². The van der Waals surface area contributed by atoms with E-state index in [4.69, 9.17) is 0 Å². The fraction of sp³-hybridized carbons (Fsp3) is 0.423. The van der Waals surface area contributed by atoms with E-state index >= 15 is 0 Å². The third-order valence-corrected chi connectivity index (χ3v) is 7.56. The van der Waals surface area contributed by atoms with Crippen molar-refractivity contribution in [2.75, 3.05) is 13.1 Å². The van der Waals surface area contributed by atoms with Crippen molar-refractivity contribution in [2.45, 2.75) is 57.5 Å². The number of aliphatic hydroxyl groups is 1. The van der Waals surface area contributed by atoms with E-state index in [1.54, 1.807) is 6.20 Å². The predicted molar refractivity (Wildman–Crippen MR) is 129 cm³/mol. The Hall–Kier alpha value is -3.60. The Labute approximate surface area is 210 Å². The summed E-state index contributed by atoms with van der Waals surface area (Å²) < 4.78 is 40.1. The number of benzene rings is 1. The zero-order valence-corrected chi connectivity index (χ0v) is 20.4. The maximum absolute atomic E-state index is 13.4. The maximum atomic E-state index is 13.4. The Bertz CT molecular complexity index is 1400. The van der Waals surface area contributed by atoms with Gasteiger partial charge < -0.3 is 25.0 Å². The van der Waals surface area contributed by atoms with Crippen LogP contribution in [0.5, 0.6) is 0 Å². The van der Waals surface area contributed by atoms with Gasteiger partial charge in [-0.15, -0.1) is 0 Å². The normalized spacial score (nSPS) is 19.7. The molecule has 8 nitrogen and oxygen atoms in total. The smallest absolute Gasteiger partial charge is 0.426 e. The molecule has 0 bridgehead atoms. The van der Waals surface area contributed by atoms with E-state index in [-0.39, 0.29) is 19.5 Å². The van der Waals surface area contributed by atoms with Crippen LogP contribution in [0.25, 0.3) is 22.2 Å². The number of fused-ring (bicyclic) bond motifs is 2. The third-order valence-electron chi connectivity index (χ3n) is 7.56. The first-order valence-corrected chi connectivity index (χ1v) is 12.1. The van der Waals surface area contributed by atoms with Gasteiger partial charge >= 0.3 is 12.3 Å². The largest absolute Gasteiger partial charge is 0.465 e. The van der Waals surface area contributed by atoms with Crippen LogP contribution in [0.4, 0.5) is 18.0 Å². The van der Waals surface area contributed by atoms with E-state index in [0.717, 1.165) is 38.2 Å². The first-order valence-electron chi connectivity index (χ1n) is 12.1. The van der Waals surface area contributed by atoms with Crippen molar-refractivity contribution in [3.05, 3.63) is 52.8 Å². The molecular weight excluding hydrogens is 489 g/mol. The molecule has 196 valence electrons. The van der Waals surface area contributed by atoms with Gasteiger partial charge in [0.1, 0.15) is 5.65 Å². The van der Waals surface area contributed by atoms with Crippen LogP contribution >= 0.6 is 0 Å². The Morgan fingerprint density at radius 1 is 1.16 bits per heavy atom. The van der Waals surface area contributed by atoms with Crippen molar-refractivity contribution in [1.82, 2.24) is 19.8 Å². The van der Waals surface area contributed by atoms with Gasteiger partial charge in [-0.05, 0) is 73.1 Å². The highest BCUT2D eigenvalue weighted by Gasteiger charge is 2.57. The van der Waals surface area contributed by atoms with Gasteiger partial charge in [0.25, 0.3) is 5.91 Å². The summed E-state index contributed by atoms with van der Waals surface area (Å²) >= 11 is 0. The number of nitrogens with one attached hydrogen (secondary N) is 1. The number of H-pyrrole nitrogens is 1. The summed E-state index contributed by atoms with van der Waals surface area (Å²) in [6, 6.07) is 5.32. The second-order valence-electron chi connectivity index (χ2n) is 9.98. The van der Waals surface area contributed by atoms with Gasteiger partial charge in [0.2, 0.25) is 5.60 Å². The van der Waals surface area contributed by atoms with Gasteiger partial charge in [-0.2, -0.15) is 13.2 Å². The standard InChI is InChI=1S/C26H27F3N4O4/c1-14-11-30-22-18(14)10-17(12-31-22)16-8-15-5-7-32(23(34)25(2,37)26(27,28)29)13-20(15)19(9-16)21-4-3-6-33(21)24(35)36/h8-12,21,37H,3-7,13H2,1-2H3,(H,30,31)(H,35,36)/t21-,25-/m0/s1. The average Bonchev–Trinajstić information content (AvgIpc) is 3.49. The lowest BCUT2D eigenvalue weighted by Gasteiger charge is -2.37. The SMILES string of the molecule is Cc1c[nH]c2ncc(-c3cc4c(c([C@@H]5CCCN5C(=O)O)c3)CN(C(=O)[C@](C)(O)C(F)(F)F)CC4)cc12. The first-order chi connectivity index (χ1) is 17.4. The number of rotatable bonds is 3. The lowest BCUT2D eigenvalue weighted by Crippen LogP contribution is -2.56. The second-order valence-corrected chi connectivity index (χ2v) is 9.98. The Morgan fingerprint density at radius 3 is 2.62 bits per heavy atom. The van der Waals surface area contributed by atoms with Crippen LogP contribution in [0.3, 0.4) is 0 Å². The number of aromatic amines is 1. The highest BCUT2D eigenvalue weighted by molar-refractivity contribution is 5.86. The van der Waals surface area contributed by atoms with Gasteiger partial charge in [0.15, 0.2) is 0 Å². The van der Waals surface area contributed by atoms with E-state index in [1.165, 1.54) is 4.90 Å². The summed E-state index contributed by atoms with van der Waals surface area (Å²) in [4.78, 5) is 34.7. The van der Waals surface area contributed by atoms with Gasteiger partial charge in [-0.25, -0.2) is 9.78 Å². The molecule has 1 aromatic carbocycles. The molecule has 5 rings (SSSR count). The fourth-order valence-corrected chi connectivity index (χ4v) is 5.38. The Balaban J connectivity index is 1.60. The Morgan fingerprint density at radius 2 is 1.92 bits per heavy atom. The van der Waals surface area contributed by atoms with Crippen molar-refractivity contribution in [2.24, 2.45) is 0 Å². The molecule has 11 heteroatoms. The molecule has 37 heavy (non-hydrogen) atoms. The molecular formula is C26H27F3N4O4. The van der Waals surface area contributed by atoms with Crippen LogP contribution in [0, 0.1) is 6.92 Å². The average molecular weight is 517 g/mol. The van der Waals surface area contributed by atoms with Crippen molar-refractivity contribution in [3.8, 4) is 11.1 Å². The summed E-state index contributed by atoms with van der Waals surface area (Å²) in [5, 5.41) is 20.7. The number of aryl methyl sites for hydroxylation is 1. The predicted octanol–water partition coefficient (Wildman–Crippen LogP) is 4.55. The topological polar surface area (TPSA) is 110 Å². The Kier molecular flexibility index (Phi) is 5.93. The zero-order chi connectivity index (χ0) is 26.7. The number of hydrogen-bond acceptors (Lipinski definition) is 4. The summed E-state index contributed by atoms with van der Waals surface area (Å²) in [6.07, 6.45) is -1.12. The molecule has 3 N–H and O–H groups in total. The van der Waals surface area contributed by atoms with Gasteiger partial charge in [-0.3, -0.25) is 4.79 Å². The molecule has 2 aromatic heterocycles. The minimum atomic E-state index is -5.12. The molecule has 2 amide bonds. The van der Waals surface area contributed by atoms with Crippen molar-refractivity contribution >= 4 is 23.0 Å². The van der Waals surface area contributed by atoms with Crippen LogP contribution in [0.2, 0.25) is 0 Å². The van der Waals surface area contributed by atoms with Crippen LogP contribution in [0.1, 0.15) is 48.1 Å². The van der Waals surface area contributed by atoms with E-state index < -0.39 is 29.8 Å². The molecule has 0 aliphatic carbocycles. The van der Waals surface area contributed by atoms with Gasteiger partial charge in [-0.1, -0.05) is 6.07 Å². The minimum absolute atomic E-state index is 0.00245. The number of aromatic nitrogens is 2. The summed E-state index contributed by atoms with van der Waals surface area (Å²) in [5.41, 5.74) is 2.06. The molecule has 1 saturated heterocycles. The summed E-state index contributed by atoms with van der Waals surface area (Å²) in [6.45, 7) is 2.63. The van der Waals surface area contributed by atoms with Crippen LogP contribution < -0.4 is 0 Å². The quantitative estimate of drug-likeness (QED) is 0.473. The maximum Gasteiger partial charge on any atom is 0.426 e. The summed E-state index contributed by atoms with van der Waals surface area (Å²) in [5.74, 6) is -1.42. The highest BCUT2D eigenvalue weighted by atomic mass is 19.4. The molecule has 2 aliphatic rings. The second kappa shape index (κ2) is 8.76. The molecule has 1 fully saturated rings. The number of amides is 2. The van der Waals surface area contributed by atoms with Crippen molar-refractivity contribution < 1.29 is 33.0 Å². The number of carbonyl (C=O) groups is 2. The number of pyridine rings is 1. The van der Waals surface area contributed by atoms with Crippen LogP contribution in [-0.2, 0) is 17.8 Å². The highest BCUT2D eigenvalue weighted by Crippen LogP contribution is 2.41. The first kappa shape index (κ1) is 25.1. The number of nitrogens with zero attached hydrogens (tertiary/aromatic N) is 3. The van der Waals surface area contributed by atoms with E-state index in [0.29, 0.717) is 37.4 Å². The van der Waals surface area contributed by atoms with E-state index in [1.807, 2.05) is 31.3 Å². The van der Waals surface area contributed by atoms with E-state index in [2.05, 4.69) is 9.97 Å². The van der Waals surface area contributed by atoms with Gasteiger partial charge in [0.05, 0.1) is 6.04 Å². The van der Waals surface area contributed by atoms with E-state index in [9.17, 15) is 33.0 Å². The number of likely N-dealkylation sites (tertiary alicyclic amines) is 1. The van der Waals surface area contributed by atoms with Crippen LogP contribution in [0.15, 0.2) is 30.6 Å². The molecule has 0 radical (unpaired) electrons. The number of alkyl halides is 3. The lowest BCUT2D eigenvalue weighted by atomic mass is 9.86.